The Morgan fingerprint density at radius 2 is 1.80 bits per heavy atom. The minimum atomic E-state index is 0.919. The van der Waals surface area contributed by atoms with Crippen molar-refractivity contribution in [1.82, 2.24) is 0 Å². The highest BCUT2D eigenvalue weighted by Gasteiger charge is 2.05. The molecule has 0 saturated carbocycles. The van der Waals surface area contributed by atoms with Crippen molar-refractivity contribution in [3.8, 4) is 0 Å². The van der Waals surface area contributed by atoms with Crippen LogP contribution < -0.4 is 0 Å². The molecule has 2 atom stereocenters. The van der Waals surface area contributed by atoms with Gasteiger partial charge in [-0.3, -0.25) is 0 Å². The Balaban J connectivity index is 3.27. The van der Waals surface area contributed by atoms with E-state index in [9.17, 15) is 0 Å². The summed E-state index contributed by atoms with van der Waals surface area (Å²) in [5.74, 6) is 1.86. The molecule has 1 heteroatoms. The largest absolute Gasteiger partial charge is 0.0861 e. The van der Waals surface area contributed by atoms with Crippen LogP contribution in [0.5, 0.6) is 0 Å². The molecule has 0 aliphatic heterocycles. The van der Waals surface area contributed by atoms with E-state index in [1.807, 2.05) is 0 Å². The second-order valence-corrected chi connectivity index (χ2v) is 4.27. The van der Waals surface area contributed by atoms with Crippen LogP contribution in [0.15, 0.2) is 0 Å². The summed E-state index contributed by atoms with van der Waals surface area (Å²) in [5.41, 5.74) is 0. The van der Waals surface area contributed by atoms with Crippen molar-refractivity contribution >= 4 is 22.6 Å². The van der Waals surface area contributed by atoms with Crippen LogP contribution in [0.1, 0.15) is 40.0 Å². The molecule has 0 aliphatic rings. The molecular formula is C9H19I. The van der Waals surface area contributed by atoms with Crippen LogP contribution in [-0.4, -0.2) is 4.43 Å². The first-order valence-corrected chi connectivity index (χ1v) is 5.79. The number of hydrogen-bond acceptors (Lipinski definition) is 0. The average molecular weight is 254 g/mol. The highest BCUT2D eigenvalue weighted by Crippen LogP contribution is 2.17. The van der Waals surface area contributed by atoms with Crippen LogP contribution in [0.3, 0.4) is 0 Å². The Morgan fingerprint density at radius 3 is 2.20 bits per heavy atom. The second-order valence-electron chi connectivity index (χ2n) is 3.39. The summed E-state index contributed by atoms with van der Waals surface area (Å²) in [6.07, 6.45) is 4.16. The van der Waals surface area contributed by atoms with Crippen LogP contribution in [-0.2, 0) is 0 Å². The van der Waals surface area contributed by atoms with E-state index in [0.29, 0.717) is 0 Å². The smallest absolute Gasteiger partial charge is 0.00211 e. The molecule has 0 bridgehead atoms. The Hall–Kier alpha value is 0.730. The highest BCUT2D eigenvalue weighted by atomic mass is 127. The lowest BCUT2D eigenvalue weighted by atomic mass is 9.95. The van der Waals surface area contributed by atoms with Crippen molar-refractivity contribution in [2.45, 2.75) is 40.0 Å². The van der Waals surface area contributed by atoms with Gasteiger partial charge in [0, 0.05) is 4.43 Å². The van der Waals surface area contributed by atoms with Crippen molar-refractivity contribution in [2.75, 3.05) is 4.43 Å². The van der Waals surface area contributed by atoms with Crippen LogP contribution in [0.4, 0.5) is 0 Å². The summed E-state index contributed by atoms with van der Waals surface area (Å²) in [6, 6.07) is 0. The summed E-state index contributed by atoms with van der Waals surface area (Å²) in [5, 5.41) is 0. The molecule has 10 heavy (non-hydrogen) atoms. The summed E-state index contributed by atoms with van der Waals surface area (Å²) in [4.78, 5) is 0. The maximum absolute atomic E-state index is 2.48. The van der Waals surface area contributed by atoms with E-state index in [1.54, 1.807) is 0 Å². The van der Waals surface area contributed by atoms with Gasteiger partial charge in [0.05, 0.1) is 0 Å². The molecule has 0 rings (SSSR count). The highest BCUT2D eigenvalue weighted by molar-refractivity contribution is 14.1. The molecule has 0 unspecified atom stereocenters. The minimum Gasteiger partial charge on any atom is -0.0861 e. The van der Waals surface area contributed by atoms with Crippen molar-refractivity contribution < 1.29 is 0 Å². The van der Waals surface area contributed by atoms with Crippen LogP contribution in [0, 0.1) is 11.8 Å². The van der Waals surface area contributed by atoms with Gasteiger partial charge >= 0.3 is 0 Å². The third-order valence-electron chi connectivity index (χ3n) is 1.85. The third-order valence-corrected chi connectivity index (χ3v) is 3.35. The zero-order valence-electron chi connectivity index (χ0n) is 7.36. The third kappa shape index (κ3) is 5.51. The van der Waals surface area contributed by atoms with E-state index in [-0.39, 0.29) is 0 Å². The quantitative estimate of drug-likeness (QED) is 0.516. The molecule has 62 valence electrons. The summed E-state index contributed by atoms with van der Waals surface area (Å²) < 4.78 is 1.31. The number of alkyl halides is 1. The Labute approximate surface area is 78.9 Å². The maximum Gasteiger partial charge on any atom is 0.00211 e. The molecule has 0 fully saturated rings. The summed E-state index contributed by atoms with van der Waals surface area (Å²) >= 11 is 2.48. The Morgan fingerprint density at radius 1 is 1.20 bits per heavy atom. The molecule has 0 aromatic heterocycles. The Kier molecular flexibility index (Phi) is 6.91. The minimum absolute atomic E-state index is 0.919. The molecule has 0 nitrogen and oxygen atoms in total. The van der Waals surface area contributed by atoms with Gasteiger partial charge in [-0.15, -0.1) is 0 Å². The molecule has 0 aromatic rings. The summed E-state index contributed by atoms with van der Waals surface area (Å²) in [7, 11) is 0. The van der Waals surface area contributed by atoms with Crippen molar-refractivity contribution in [2.24, 2.45) is 11.8 Å². The Bertz CT molecular complexity index is 71.1. The van der Waals surface area contributed by atoms with Gasteiger partial charge in [-0.05, 0) is 18.3 Å². The SMILES string of the molecule is CCC[C@H](C)C[C@@H](C)CI. The first-order valence-electron chi connectivity index (χ1n) is 4.26. The fraction of sp³-hybridized carbons (Fsp3) is 1.00. The first-order chi connectivity index (χ1) is 4.70. The topological polar surface area (TPSA) is 0 Å². The van der Waals surface area contributed by atoms with Crippen LogP contribution in [0.2, 0.25) is 0 Å². The lowest BCUT2D eigenvalue weighted by Gasteiger charge is -2.13. The van der Waals surface area contributed by atoms with Crippen molar-refractivity contribution in [3.63, 3.8) is 0 Å². The monoisotopic (exact) mass is 254 g/mol. The number of hydrogen-bond donors (Lipinski definition) is 0. The molecule has 0 heterocycles. The zero-order chi connectivity index (χ0) is 7.98. The van der Waals surface area contributed by atoms with Crippen LogP contribution in [0.25, 0.3) is 0 Å². The molecule has 0 aromatic carbocycles. The van der Waals surface area contributed by atoms with Gasteiger partial charge in [0.2, 0.25) is 0 Å². The van der Waals surface area contributed by atoms with Crippen molar-refractivity contribution in [3.05, 3.63) is 0 Å². The van der Waals surface area contributed by atoms with Gasteiger partial charge in [0.15, 0.2) is 0 Å². The van der Waals surface area contributed by atoms with E-state index in [0.717, 1.165) is 11.8 Å². The van der Waals surface area contributed by atoms with Gasteiger partial charge in [-0.1, -0.05) is 56.2 Å². The molecule has 0 aliphatic carbocycles. The molecule has 0 spiro atoms. The zero-order valence-corrected chi connectivity index (χ0v) is 9.52. The lowest BCUT2D eigenvalue weighted by molar-refractivity contribution is 0.418. The number of halogens is 1. The molecule has 0 radical (unpaired) electrons. The molecule has 0 saturated heterocycles. The fourth-order valence-electron chi connectivity index (χ4n) is 1.36. The van der Waals surface area contributed by atoms with E-state index in [1.165, 1.54) is 23.7 Å². The van der Waals surface area contributed by atoms with Gasteiger partial charge in [-0.2, -0.15) is 0 Å². The van der Waals surface area contributed by atoms with Gasteiger partial charge < -0.3 is 0 Å². The number of rotatable bonds is 5. The van der Waals surface area contributed by atoms with Crippen molar-refractivity contribution in [1.29, 1.82) is 0 Å². The predicted octanol–water partition coefficient (Wildman–Crippen LogP) is 3.88. The summed E-state index contributed by atoms with van der Waals surface area (Å²) in [6.45, 7) is 6.98. The van der Waals surface area contributed by atoms with E-state index in [2.05, 4.69) is 43.4 Å². The average Bonchev–Trinajstić information content (AvgIpc) is 1.88. The van der Waals surface area contributed by atoms with E-state index >= 15 is 0 Å². The first kappa shape index (κ1) is 10.7. The van der Waals surface area contributed by atoms with E-state index in [4.69, 9.17) is 0 Å². The fourth-order valence-corrected chi connectivity index (χ4v) is 1.72. The standard InChI is InChI=1S/C9H19I/c1-4-5-8(2)6-9(3)7-10/h8-9H,4-7H2,1-3H3/t8-,9+/m0/s1. The van der Waals surface area contributed by atoms with E-state index < -0.39 is 0 Å². The maximum atomic E-state index is 2.48. The van der Waals surface area contributed by atoms with Gasteiger partial charge in [0.1, 0.15) is 0 Å². The van der Waals surface area contributed by atoms with Gasteiger partial charge in [0.25, 0.3) is 0 Å². The predicted molar refractivity (Wildman–Crippen MR) is 56.7 cm³/mol. The molecular weight excluding hydrogens is 235 g/mol. The molecule has 0 N–H and O–H groups in total. The lowest BCUT2D eigenvalue weighted by Crippen LogP contribution is -2.03. The molecule has 0 amide bonds. The van der Waals surface area contributed by atoms with Gasteiger partial charge in [-0.25, -0.2) is 0 Å². The second kappa shape index (κ2) is 6.44. The van der Waals surface area contributed by atoms with Crippen LogP contribution >= 0.6 is 22.6 Å². The normalized spacial score (nSPS) is 16.8.